The van der Waals surface area contributed by atoms with Crippen molar-refractivity contribution in [2.45, 2.75) is 31.8 Å². The second-order valence-electron chi connectivity index (χ2n) is 7.56. The lowest BCUT2D eigenvalue weighted by Gasteiger charge is -2.16. The third kappa shape index (κ3) is 5.62. The lowest BCUT2D eigenvalue weighted by molar-refractivity contribution is 0.102. The fourth-order valence-electron chi connectivity index (χ4n) is 3.60. The minimum atomic E-state index is -0.414. The van der Waals surface area contributed by atoms with Crippen molar-refractivity contribution in [2.24, 2.45) is 0 Å². The van der Waals surface area contributed by atoms with Crippen LogP contribution in [0.4, 0.5) is 22.1 Å². The first-order chi connectivity index (χ1) is 15.1. The van der Waals surface area contributed by atoms with Crippen molar-refractivity contribution in [1.29, 1.82) is 0 Å². The summed E-state index contributed by atoms with van der Waals surface area (Å²) in [5.41, 5.74) is 1.31. The van der Waals surface area contributed by atoms with Crippen LogP contribution >= 0.6 is 11.6 Å². The molecule has 4 rings (SSSR count). The molecule has 3 heterocycles. The molecule has 0 radical (unpaired) electrons. The van der Waals surface area contributed by atoms with Crippen LogP contribution in [-0.4, -0.2) is 54.3 Å². The zero-order valence-electron chi connectivity index (χ0n) is 17.1. The smallest absolute Gasteiger partial charge is 0.319 e. The Hall–Kier alpha value is -2.91. The number of ether oxygens (including phenoxy) is 1. The third-order valence-corrected chi connectivity index (χ3v) is 5.53. The fourth-order valence-corrected chi connectivity index (χ4v) is 3.78. The summed E-state index contributed by atoms with van der Waals surface area (Å²) in [6.07, 6.45) is 5.70. The van der Waals surface area contributed by atoms with Crippen molar-refractivity contribution in [3.63, 3.8) is 0 Å². The number of carbonyl (C=O) groups is 2. The molecule has 0 spiro atoms. The molecule has 1 aromatic carbocycles. The number of hydrogen-bond acceptors (Lipinski definition) is 6. The van der Waals surface area contributed by atoms with Gasteiger partial charge in [0.05, 0.1) is 17.3 Å². The number of amides is 3. The van der Waals surface area contributed by atoms with E-state index in [1.54, 1.807) is 24.3 Å². The third-order valence-electron chi connectivity index (χ3n) is 5.25. The average molecular weight is 445 g/mol. The molecule has 9 nitrogen and oxygen atoms in total. The van der Waals surface area contributed by atoms with Crippen molar-refractivity contribution in [1.82, 2.24) is 15.3 Å². The van der Waals surface area contributed by atoms with E-state index in [4.69, 9.17) is 16.3 Å². The highest BCUT2D eigenvalue weighted by Gasteiger charge is 2.20. The van der Waals surface area contributed by atoms with Gasteiger partial charge in [0.1, 0.15) is 0 Å². The highest BCUT2D eigenvalue weighted by molar-refractivity contribution is 6.34. The maximum atomic E-state index is 12.7. The molecule has 1 atom stereocenters. The van der Waals surface area contributed by atoms with Crippen molar-refractivity contribution < 1.29 is 14.3 Å². The summed E-state index contributed by atoms with van der Waals surface area (Å²) in [4.78, 5) is 35.3. The molecule has 1 aromatic heterocycles. The quantitative estimate of drug-likeness (QED) is 0.631. The van der Waals surface area contributed by atoms with Gasteiger partial charge in [0, 0.05) is 37.6 Å². The molecule has 3 N–H and O–H groups in total. The lowest BCUT2D eigenvalue weighted by atomic mass is 10.2. The molecule has 0 unspecified atom stereocenters. The van der Waals surface area contributed by atoms with E-state index in [9.17, 15) is 9.59 Å². The predicted octanol–water partition coefficient (Wildman–Crippen LogP) is 3.28. The normalized spacial score (nSPS) is 18.1. The molecule has 0 saturated carbocycles. The second-order valence-corrected chi connectivity index (χ2v) is 7.97. The predicted molar refractivity (Wildman–Crippen MR) is 119 cm³/mol. The zero-order chi connectivity index (χ0) is 21.6. The SMILES string of the molecule is O=C(NC[C@@H]1CCCO1)Nc1ccc(NC(=O)c2nc(N3CCCC3)ncc2Cl)cc1. The van der Waals surface area contributed by atoms with Crippen LogP contribution in [0, 0.1) is 0 Å². The number of anilines is 3. The Morgan fingerprint density at radius 3 is 2.48 bits per heavy atom. The van der Waals surface area contributed by atoms with Crippen molar-refractivity contribution in [3.05, 3.63) is 41.2 Å². The minimum Gasteiger partial charge on any atom is -0.376 e. The molecule has 2 fully saturated rings. The average Bonchev–Trinajstić information content (AvgIpc) is 3.48. The van der Waals surface area contributed by atoms with E-state index in [2.05, 4.69) is 25.9 Å². The molecule has 2 aliphatic rings. The van der Waals surface area contributed by atoms with Crippen LogP contribution < -0.4 is 20.9 Å². The Morgan fingerprint density at radius 1 is 1.10 bits per heavy atom. The van der Waals surface area contributed by atoms with Crippen LogP contribution in [0.5, 0.6) is 0 Å². The molecule has 2 aromatic rings. The van der Waals surface area contributed by atoms with Crippen LogP contribution in [0.15, 0.2) is 30.5 Å². The van der Waals surface area contributed by atoms with E-state index in [0.29, 0.717) is 23.9 Å². The highest BCUT2D eigenvalue weighted by Crippen LogP contribution is 2.21. The molecular weight excluding hydrogens is 420 g/mol. The van der Waals surface area contributed by atoms with Crippen molar-refractivity contribution >= 4 is 40.9 Å². The summed E-state index contributed by atoms with van der Waals surface area (Å²) in [7, 11) is 0. The van der Waals surface area contributed by atoms with Gasteiger partial charge in [0.25, 0.3) is 5.91 Å². The van der Waals surface area contributed by atoms with Crippen LogP contribution in [-0.2, 0) is 4.74 Å². The first-order valence-electron chi connectivity index (χ1n) is 10.4. The number of halogens is 1. The van der Waals surface area contributed by atoms with Crippen molar-refractivity contribution in [2.75, 3.05) is 41.8 Å². The summed E-state index contributed by atoms with van der Waals surface area (Å²) in [5, 5.41) is 8.54. The van der Waals surface area contributed by atoms with Gasteiger partial charge in [-0.2, -0.15) is 0 Å². The van der Waals surface area contributed by atoms with Gasteiger partial charge >= 0.3 is 6.03 Å². The van der Waals surface area contributed by atoms with Gasteiger partial charge in [-0.1, -0.05) is 11.6 Å². The van der Waals surface area contributed by atoms with Gasteiger partial charge in [0.15, 0.2) is 5.69 Å². The van der Waals surface area contributed by atoms with E-state index in [-0.39, 0.29) is 22.9 Å². The molecule has 2 aliphatic heterocycles. The maximum Gasteiger partial charge on any atom is 0.319 e. The summed E-state index contributed by atoms with van der Waals surface area (Å²) in [6.45, 7) is 2.98. The monoisotopic (exact) mass is 444 g/mol. The van der Waals surface area contributed by atoms with E-state index in [1.807, 2.05) is 4.90 Å². The number of benzene rings is 1. The number of urea groups is 1. The molecule has 0 bridgehead atoms. The van der Waals surface area contributed by atoms with Gasteiger partial charge in [-0.15, -0.1) is 0 Å². The zero-order valence-corrected chi connectivity index (χ0v) is 17.8. The lowest BCUT2D eigenvalue weighted by Crippen LogP contribution is -2.35. The first kappa shape index (κ1) is 21.3. The molecule has 164 valence electrons. The number of aromatic nitrogens is 2. The summed E-state index contributed by atoms with van der Waals surface area (Å²) in [6, 6.07) is 6.51. The first-order valence-corrected chi connectivity index (χ1v) is 10.8. The summed E-state index contributed by atoms with van der Waals surface area (Å²) in [5.74, 6) is 0.100. The van der Waals surface area contributed by atoms with Gasteiger partial charge in [-0.05, 0) is 49.9 Å². The molecule has 0 aliphatic carbocycles. The molecule has 2 saturated heterocycles. The Balaban J connectivity index is 1.32. The minimum absolute atomic E-state index is 0.0861. The van der Waals surface area contributed by atoms with Gasteiger partial charge in [-0.25, -0.2) is 14.8 Å². The number of hydrogen-bond donors (Lipinski definition) is 3. The summed E-state index contributed by atoms with van der Waals surface area (Å²) >= 11 is 6.16. The number of nitrogens with zero attached hydrogens (tertiary/aromatic N) is 3. The molecule has 10 heteroatoms. The second kappa shape index (κ2) is 9.93. The van der Waals surface area contributed by atoms with Gasteiger partial charge in [0.2, 0.25) is 5.95 Å². The van der Waals surface area contributed by atoms with Crippen LogP contribution in [0.3, 0.4) is 0 Å². The van der Waals surface area contributed by atoms with E-state index >= 15 is 0 Å². The van der Waals surface area contributed by atoms with Crippen LogP contribution in [0.25, 0.3) is 0 Å². The number of rotatable bonds is 6. The summed E-state index contributed by atoms with van der Waals surface area (Å²) < 4.78 is 5.48. The largest absolute Gasteiger partial charge is 0.376 e. The van der Waals surface area contributed by atoms with Gasteiger partial charge < -0.3 is 25.6 Å². The fraction of sp³-hybridized carbons (Fsp3) is 0.429. The Labute approximate surface area is 185 Å². The van der Waals surface area contributed by atoms with Gasteiger partial charge in [-0.3, -0.25) is 4.79 Å². The Morgan fingerprint density at radius 2 is 1.81 bits per heavy atom. The number of nitrogens with one attached hydrogen (secondary N) is 3. The topological polar surface area (TPSA) is 108 Å². The van der Waals surface area contributed by atoms with Crippen LogP contribution in [0.2, 0.25) is 5.02 Å². The van der Waals surface area contributed by atoms with E-state index in [1.165, 1.54) is 6.20 Å². The molecular formula is C21H25ClN6O3. The highest BCUT2D eigenvalue weighted by atomic mass is 35.5. The number of carbonyl (C=O) groups excluding carboxylic acids is 2. The molecule has 31 heavy (non-hydrogen) atoms. The maximum absolute atomic E-state index is 12.7. The van der Waals surface area contributed by atoms with Crippen LogP contribution in [0.1, 0.15) is 36.2 Å². The van der Waals surface area contributed by atoms with E-state index in [0.717, 1.165) is 45.4 Å². The van der Waals surface area contributed by atoms with E-state index < -0.39 is 5.91 Å². The standard InChI is InChI=1S/C21H25ClN6O3/c22-17-13-23-20(28-9-1-2-10-28)27-18(17)19(29)25-14-5-7-15(8-6-14)26-21(30)24-12-16-4-3-11-31-16/h5-8,13,16H,1-4,9-12H2,(H,25,29)(H2,24,26,30)/t16-/m0/s1. The molecule has 3 amide bonds. The Kier molecular flexibility index (Phi) is 6.83. The van der Waals surface area contributed by atoms with Crippen molar-refractivity contribution in [3.8, 4) is 0 Å². The Bertz CT molecular complexity index is 927.